The van der Waals surface area contributed by atoms with Gasteiger partial charge in [-0.1, -0.05) is 55.3 Å². The third kappa shape index (κ3) is 7.55. The van der Waals surface area contributed by atoms with E-state index >= 15 is 0 Å². The Kier molecular flexibility index (Phi) is 11.0. The van der Waals surface area contributed by atoms with Crippen molar-refractivity contribution >= 4 is 33.2 Å². The average molecular weight is 534 g/mol. The summed E-state index contributed by atoms with van der Waals surface area (Å²) >= 11 is 3.27. The van der Waals surface area contributed by atoms with Crippen LogP contribution < -0.4 is 10.1 Å². The summed E-state index contributed by atoms with van der Waals surface area (Å²) in [5.41, 5.74) is 2.85. The maximum atomic E-state index is 12.4. The molecule has 1 atom stereocenters. The molecule has 1 aliphatic carbocycles. The van der Waals surface area contributed by atoms with E-state index in [1.54, 1.807) is 13.2 Å². The monoisotopic (exact) mass is 532 g/mol. The highest BCUT2D eigenvalue weighted by molar-refractivity contribution is 9.10. The number of hydrogen-bond donors (Lipinski definition) is 1. The zero-order chi connectivity index (χ0) is 25.3. The summed E-state index contributed by atoms with van der Waals surface area (Å²) in [5, 5.41) is 13.6. The van der Waals surface area contributed by atoms with Crippen LogP contribution in [0.2, 0.25) is 0 Å². The van der Waals surface area contributed by atoms with Crippen molar-refractivity contribution in [2.45, 2.75) is 66.2 Å². The first-order valence-corrected chi connectivity index (χ1v) is 12.9. The van der Waals surface area contributed by atoms with Crippen LogP contribution in [0.25, 0.3) is 0 Å². The van der Waals surface area contributed by atoms with Gasteiger partial charge in [0.15, 0.2) is 0 Å². The maximum absolute atomic E-state index is 12.4. The van der Waals surface area contributed by atoms with Crippen LogP contribution in [0, 0.1) is 34.8 Å². The lowest BCUT2D eigenvalue weighted by molar-refractivity contribution is -0.385. The summed E-state index contributed by atoms with van der Waals surface area (Å²) in [6.07, 6.45) is 6.31. The molecule has 2 aromatic carbocycles. The average Bonchev–Trinajstić information content (AvgIpc) is 2.84. The lowest BCUT2D eigenvalue weighted by Crippen LogP contribution is -2.28. The minimum Gasteiger partial charge on any atom is -0.496 e. The summed E-state index contributed by atoms with van der Waals surface area (Å²) in [5.74, 6) is 2.72. The molecule has 0 radical (unpaired) electrons. The van der Waals surface area contributed by atoms with E-state index in [1.165, 1.54) is 25.3 Å². The highest BCUT2D eigenvalue weighted by Crippen LogP contribution is 2.35. The van der Waals surface area contributed by atoms with Crippen molar-refractivity contribution in [3.05, 3.63) is 62.1 Å². The van der Waals surface area contributed by atoms with Gasteiger partial charge in [-0.15, -0.1) is 0 Å². The molecule has 0 bridgehead atoms. The number of nitrogens with zero attached hydrogens (tertiary/aromatic N) is 1. The second kappa shape index (κ2) is 13.5. The zero-order valence-corrected chi connectivity index (χ0v) is 22.5. The molecule has 1 amide bonds. The number of methoxy groups -OCH3 is 1. The third-order valence-electron chi connectivity index (χ3n) is 6.91. The fourth-order valence-corrected chi connectivity index (χ4v) is 5.13. The molecule has 1 unspecified atom stereocenters. The summed E-state index contributed by atoms with van der Waals surface area (Å²) in [7, 11) is 1.66. The van der Waals surface area contributed by atoms with Crippen molar-refractivity contribution in [2.75, 3.05) is 12.4 Å². The van der Waals surface area contributed by atoms with Gasteiger partial charge in [0, 0.05) is 33.8 Å². The van der Waals surface area contributed by atoms with Crippen LogP contribution in [0.3, 0.4) is 0 Å². The van der Waals surface area contributed by atoms with Crippen LogP contribution in [-0.4, -0.2) is 17.9 Å². The highest BCUT2D eigenvalue weighted by Gasteiger charge is 2.28. The van der Waals surface area contributed by atoms with Crippen LogP contribution in [0.15, 0.2) is 40.9 Å². The number of aryl methyl sites for hydroxylation is 1. The quantitative estimate of drug-likeness (QED) is 0.292. The largest absolute Gasteiger partial charge is 0.496 e. The Balaban J connectivity index is 0.000000287. The lowest BCUT2D eigenvalue weighted by Gasteiger charge is -2.31. The third-order valence-corrected chi connectivity index (χ3v) is 7.65. The summed E-state index contributed by atoms with van der Waals surface area (Å²) in [6, 6.07) is 10.8. The van der Waals surface area contributed by atoms with E-state index in [0.29, 0.717) is 6.42 Å². The molecule has 0 aliphatic heterocycles. The highest BCUT2D eigenvalue weighted by atomic mass is 79.9. The first kappa shape index (κ1) is 27.8. The Morgan fingerprint density at radius 1 is 1.21 bits per heavy atom. The molecule has 2 aromatic rings. The fraction of sp³-hybridized carbons (Fsp3) is 0.519. The van der Waals surface area contributed by atoms with Gasteiger partial charge in [-0.05, 0) is 68.6 Å². The summed E-state index contributed by atoms with van der Waals surface area (Å²) in [4.78, 5) is 22.6. The molecule has 3 rings (SSSR count). The fourth-order valence-electron chi connectivity index (χ4n) is 4.49. The van der Waals surface area contributed by atoms with Crippen LogP contribution in [0.4, 0.5) is 11.4 Å². The van der Waals surface area contributed by atoms with Crippen LogP contribution in [0.5, 0.6) is 5.75 Å². The molecule has 7 heteroatoms. The van der Waals surface area contributed by atoms with Gasteiger partial charge in [0.05, 0.1) is 12.0 Å². The molecule has 0 spiro atoms. The number of nitrogens with one attached hydrogen (secondary N) is 1. The Hall–Kier alpha value is -2.41. The van der Waals surface area contributed by atoms with Crippen LogP contribution >= 0.6 is 15.9 Å². The molecule has 186 valence electrons. The molecule has 6 nitrogen and oxygen atoms in total. The number of carbonyl (C=O) groups is 1. The molecule has 1 fully saturated rings. The smallest absolute Gasteiger partial charge is 0.273 e. The number of anilines is 1. The molecule has 0 saturated heterocycles. The molecule has 0 aromatic heterocycles. The van der Waals surface area contributed by atoms with Gasteiger partial charge in [0.1, 0.15) is 5.75 Å². The Bertz CT molecular complexity index is 971. The van der Waals surface area contributed by atoms with E-state index < -0.39 is 0 Å². The van der Waals surface area contributed by atoms with Gasteiger partial charge in [-0.25, -0.2) is 0 Å². The lowest BCUT2D eigenvalue weighted by atomic mass is 9.75. The maximum Gasteiger partial charge on any atom is 0.273 e. The van der Waals surface area contributed by atoms with E-state index in [1.807, 2.05) is 38.1 Å². The molecule has 34 heavy (non-hydrogen) atoms. The summed E-state index contributed by atoms with van der Waals surface area (Å²) < 4.78 is 6.12. The van der Waals surface area contributed by atoms with E-state index in [4.69, 9.17) is 4.74 Å². The van der Waals surface area contributed by atoms with Gasteiger partial charge in [-0.2, -0.15) is 0 Å². The Labute approximate surface area is 211 Å². The van der Waals surface area contributed by atoms with Crippen LogP contribution in [-0.2, 0) is 11.2 Å². The van der Waals surface area contributed by atoms with Gasteiger partial charge in [0.2, 0.25) is 5.91 Å². The van der Waals surface area contributed by atoms with Crippen LogP contribution in [0.1, 0.15) is 64.0 Å². The van der Waals surface area contributed by atoms with E-state index in [2.05, 4.69) is 35.1 Å². The predicted molar refractivity (Wildman–Crippen MR) is 141 cm³/mol. The Morgan fingerprint density at radius 2 is 1.88 bits per heavy atom. The normalized spacial score (nSPS) is 18.3. The number of ether oxygens (including phenoxy) is 1. The van der Waals surface area contributed by atoms with Crippen molar-refractivity contribution in [2.24, 2.45) is 17.8 Å². The van der Waals surface area contributed by atoms with Crippen molar-refractivity contribution in [1.82, 2.24) is 0 Å². The zero-order valence-electron chi connectivity index (χ0n) is 20.9. The molecular formula is C27H37BrN2O4. The number of benzene rings is 2. The number of amides is 1. The Morgan fingerprint density at radius 3 is 2.41 bits per heavy atom. The molecular weight excluding hydrogens is 496 g/mol. The standard InChI is InChI=1S/C19H29NO2.C8H8BrNO2/c1-5-13(2)15-7-9-16(10-8-15)19(21)20-17-11-6-14(3)18(12-17)22-4;1-2-6-7(9)4-3-5-8(6)10(11)12/h6,11-13,15-16H,5,7-10H2,1-4H3,(H,20,21);3-5H,2H2,1H3. The molecule has 1 aliphatic rings. The predicted octanol–water partition coefficient (Wildman–Crippen LogP) is 7.71. The van der Waals surface area contributed by atoms with E-state index in [0.717, 1.165) is 51.7 Å². The molecule has 1 saturated carbocycles. The number of nitro benzene ring substituents is 1. The van der Waals surface area contributed by atoms with Gasteiger partial charge in [-0.3, -0.25) is 14.9 Å². The van der Waals surface area contributed by atoms with Crippen molar-refractivity contribution < 1.29 is 14.5 Å². The van der Waals surface area contributed by atoms with E-state index in [-0.39, 0.29) is 22.4 Å². The topological polar surface area (TPSA) is 81.5 Å². The van der Waals surface area contributed by atoms with E-state index in [9.17, 15) is 14.9 Å². The van der Waals surface area contributed by atoms with Crippen molar-refractivity contribution in [3.8, 4) is 5.75 Å². The number of hydrogen-bond acceptors (Lipinski definition) is 4. The minimum absolute atomic E-state index is 0.160. The number of rotatable bonds is 7. The SMILES string of the molecule is CCC(C)C1CCC(C(=O)Nc2ccc(C)c(OC)c2)CC1.CCc1c(Br)cccc1[N+](=O)[O-]. The van der Waals surface area contributed by atoms with Crippen molar-refractivity contribution in [3.63, 3.8) is 0 Å². The molecule has 1 N–H and O–H groups in total. The minimum atomic E-state index is -0.358. The van der Waals surface area contributed by atoms with Crippen molar-refractivity contribution in [1.29, 1.82) is 0 Å². The van der Waals surface area contributed by atoms with Gasteiger partial charge in [0.25, 0.3) is 5.69 Å². The van der Waals surface area contributed by atoms with Gasteiger partial charge < -0.3 is 10.1 Å². The van der Waals surface area contributed by atoms with Gasteiger partial charge >= 0.3 is 0 Å². The first-order chi connectivity index (χ1) is 16.2. The number of halogens is 1. The summed E-state index contributed by atoms with van der Waals surface area (Å²) in [6.45, 7) is 8.49. The number of nitro groups is 1. The number of carbonyl (C=O) groups excluding carboxylic acids is 1. The second-order valence-corrected chi connectivity index (χ2v) is 9.87. The first-order valence-electron chi connectivity index (χ1n) is 12.1. The second-order valence-electron chi connectivity index (χ2n) is 9.02. The molecule has 0 heterocycles.